The van der Waals surface area contributed by atoms with Crippen molar-refractivity contribution in [2.75, 3.05) is 13.6 Å². The van der Waals surface area contributed by atoms with Crippen LogP contribution < -0.4 is 0 Å². The Kier molecular flexibility index (Phi) is 4.99. The predicted octanol–water partition coefficient (Wildman–Crippen LogP) is 1.02. The molecule has 0 radical (unpaired) electrons. The molecule has 0 aliphatic rings. The Hall–Kier alpha value is -2.21. The Labute approximate surface area is 117 Å². The van der Waals surface area contributed by atoms with Gasteiger partial charge >= 0.3 is 5.97 Å². The number of likely N-dealkylation sites (N-methyl/N-ethyl adjacent to an activating group) is 1. The number of carboxylic acids is 1. The van der Waals surface area contributed by atoms with Crippen molar-refractivity contribution >= 4 is 18.0 Å². The second-order valence-electron chi connectivity index (χ2n) is 5.15. The zero-order chi connectivity index (χ0) is 15.3. The van der Waals surface area contributed by atoms with Gasteiger partial charge in [-0.2, -0.15) is 0 Å². The fourth-order valence-electron chi connectivity index (χ4n) is 1.71. The van der Waals surface area contributed by atoms with Crippen LogP contribution in [0, 0.1) is 0 Å². The van der Waals surface area contributed by atoms with Crippen molar-refractivity contribution in [3.63, 3.8) is 0 Å². The van der Waals surface area contributed by atoms with Crippen molar-refractivity contribution in [2.45, 2.75) is 19.4 Å². The van der Waals surface area contributed by atoms with Crippen molar-refractivity contribution in [2.24, 2.45) is 0 Å². The SMILES string of the molecule is CN(CC(C)(C)O)C(=O)c1cncc(C=CC(=O)O)c1. The van der Waals surface area contributed by atoms with Gasteiger partial charge in [-0.05, 0) is 31.6 Å². The van der Waals surface area contributed by atoms with Gasteiger partial charge in [-0.25, -0.2) is 4.79 Å². The summed E-state index contributed by atoms with van der Waals surface area (Å²) in [6, 6.07) is 1.55. The van der Waals surface area contributed by atoms with E-state index in [9.17, 15) is 14.7 Å². The predicted molar refractivity (Wildman–Crippen MR) is 74.2 cm³/mol. The average Bonchev–Trinajstić information content (AvgIpc) is 2.33. The molecule has 20 heavy (non-hydrogen) atoms. The summed E-state index contributed by atoms with van der Waals surface area (Å²) in [6.07, 6.45) is 5.21. The molecule has 0 unspecified atom stereocenters. The monoisotopic (exact) mass is 278 g/mol. The lowest BCUT2D eigenvalue weighted by Gasteiger charge is -2.25. The number of nitrogens with zero attached hydrogens (tertiary/aromatic N) is 2. The number of rotatable bonds is 5. The minimum Gasteiger partial charge on any atom is -0.478 e. The Balaban J connectivity index is 2.89. The van der Waals surface area contributed by atoms with E-state index < -0.39 is 11.6 Å². The highest BCUT2D eigenvalue weighted by molar-refractivity contribution is 5.94. The maximum absolute atomic E-state index is 12.1. The molecule has 1 heterocycles. The number of carbonyl (C=O) groups is 2. The summed E-state index contributed by atoms with van der Waals surface area (Å²) in [6.45, 7) is 3.41. The number of pyridine rings is 1. The van der Waals surface area contributed by atoms with Crippen LogP contribution in [0.15, 0.2) is 24.5 Å². The first kappa shape index (κ1) is 15.8. The van der Waals surface area contributed by atoms with Crippen LogP contribution in [0.1, 0.15) is 29.8 Å². The molecule has 108 valence electrons. The van der Waals surface area contributed by atoms with E-state index in [1.54, 1.807) is 27.0 Å². The first-order chi connectivity index (χ1) is 9.19. The van der Waals surface area contributed by atoms with Crippen LogP contribution >= 0.6 is 0 Å². The molecular formula is C14H18N2O4. The molecule has 0 bridgehead atoms. The van der Waals surface area contributed by atoms with Gasteiger partial charge in [0, 0.05) is 32.1 Å². The number of carbonyl (C=O) groups excluding carboxylic acids is 1. The molecule has 6 heteroatoms. The summed E-state index contributed by atoms with van der Waals surface area (Å²) >= 11 is 0. The highest BCUT2D eigenvalue weighted by Gasteiger charge is 2.20. The summed E-state index contributed by atoms with van der Waals surface area (Å²) in [5, 5.41) is 18.3. The summed E-state index contributed by atoms with van der Waals surface area (Å²) in [5.41, 5.74) is -0.127. The molecule has 0 fully saturated rings. The topological polar surface area (TPSA) is 90.7 Å². The molecule has 0 atom stereocenters. The van der Waals surface area contributed by atoms with E-state index in [0.717, 1.165) is 6.08 Å². The number of hydrogen-bond acceptors (Lipinski definition) is 4. The number of hydrogen-bond donors (Lipinski definition) is 2. The highest BCUT2D eigenvalue weighted by Crippen LogP contribution is 2.10. The Morgan fingerprint density at radius 3 is 2.60 bits per heavy atom. The minimum absolute atomic E-state index is 0.182. The lowest BCUT2D eigenvalue weighted by Crippen LogP contribution is -2.39. The third-order valence-electron chi connectivity index (χ3n) is 2.40. The third-order valence-corrected chi connectivity index (χ3v) is 2.40. The van der Waals surface area contributed by atoms with Crippen LogP contribution in [0.4, 0.5) is 0 Å². The van der Waals surface area contributed by atoms with E-state index in [1.165, 1.54) is 23.4 Å². The summed E-state index contributed by atoms with van der Waals surface area (Å²) < 4.78 is 0. The van der Waals surface area contributed by atoms with Crippen LogP contribution in [-0.4, -0.2) is 51.2 Å². The largest absolute Gasteiger partial charge is 0.478 e. The van der Waals surface area contributed by atoms with Crippen LogP contribution in [0.3, 0.4) is 0 Å². The molecule has 1 aromatic heterocycles. The Bertz CT molecular complexity index is 532. The molecule has 1 amide bonds. The number of aromatic nitrogens is 1. The van der Waals surface area contributed by atoms with Crippen molar-refractivity contribution in [1.29, 1.82) is 0 Å². The minimum atomic E-state index is -1.07. The van der Waals surface area contributed by atoms with Crippen LogP contribution in [0.5, 0.6) is 0 Å². The van der Waals surface area contributed by atoms with Gasteiger partial charge in [0.15, 0.2) is 0 Å². The van der Waals surface area contributed by atoms with Gasteiger partial charge in [-0.15, -0.1) is 0 Å². The fourth-order valence-corrected chi connectivity index (χ4v) is 1.71. The summed E-state index contributed by atoms with van der Waals surface area (Å²) in [7, 11) is 1.58. The molecule has 0 aliphatic carbocycles. The number of amides is 1. The smallest absolute Gasteiger partial charge is 0.328 e. The Morgan fingerprint density at radius 2 is 2.05 bits per heavy atom. The highest BCUT2D eigenvalue weighted by atomic mass is 16.4. The second-order valence-corrected chi connectivity index (χ2v) is 5.15. The van der Waals surface area contributed by atoms with E-state index >= 15 is 0 Å². The molecular weight excluding hydrogens is 260 g/mol. The van der Waals surface area contributed by atoms with Crippen molar-refractivity contribution in [3.05, 3.63) is 35.7 Å². The number of aliphatic carboxylic acids is 1. The first-order valence-corrected chi connectivity index (χ1v) is 6.03. The lowest BCUT2D eigenvalue weighted by atomic mass is 10.1. The van der Waals surface area contributed by atoms with Crippen molar-refractivity contribution < 1.29 is 19.8 Å². The van der Waals surface area contributed by atoms with E-state index in [2.05, 4.69) is 4.98 Å². The Morgan fingerprint density at radius 1 is 1.40 bits per heavy atom. The van der Waals surface area contributed by atoms with Crippen LogP contribution in [0.25, 0.3) is 6.08 Å². The number of carboxylic acid groups (broad SMARTS) is 1. The normalized spacial score (nSPS) is 11.6. The van der Waals surface area contributed by atoms with Crippen LogP contribution in [0.2, 0.25) is 0 Å². The zero-order valence-corrected chi connectivity index (χ0v) is 11.7. The van der Waals surface area contributed by atoms with Crippen LogP contribution in [-0.2, 0) is 4.79 Å². The molecule has 6 nitrogen and oxygen atoms in total. The third kappa shape index (κ3) is 5.19. The molecule has 1 rings (SSSR count). The molecule has 2 N–H and O–H groups in total. The average molecular weight is 278 g/mol. The van der Waals surface area contributed by atoms with E-state index in [1.807, 2.05) is 0 Å². The molecule has 1 aromatic rings. The van der Waals surface area contributed by atoms with E-state index in [4.69, 9.17) is 5.11 Å². The van der Waals surface area contributed by atoms with E-state index in [0.29, 0.717) is 11.1 Å². The summed E-state index contributed by atoms with van der Waals surface area (Å²) in [4.78, 5) is 27.9. The van der Waals surface area contributed by atoms with Crippen molar-refractivity contribution in [1.82, 2.24) is 9.88 Å². The molecule has 0 aliphatic heterocycles. The summed E-state index contributed by atoms with van der Waals surface area (Å²) in [5.74, 6) is -1.36. The standard InChI is InChI=1S/C14H18N2O4/c1-14(2,20)9-16(3)13(19)11-6-10(7-15-8-11)4-5-12(17)18/h4-8,20H,9H2,1-3H3,(H,17,18). The van der Waals surface area contributed by atoms with Gasteiger partial charge in [0.2, 0.25) is 0 Å². The fraction of sp³-hybridized carbons (Fsp3) is 0.357. The molecule has 0 saturated heterocycles. The van der Waals surface area contributed by atoms with Gasteiger partial charge in [0.1, 0.15) is 0 Å². The van der Waals surface area contributed by atoms with E-state index in [-0.39, 0.29) is 12.5 Å². The zero-order valence-electron chi connectivity index (χ0n) is 11.7. The van der Waals surface area contributed by atoms with Crippen molar-refractivity contribution in [3.8, 4) is 0 Å². The number of aliphatic hydroxyl groups is 1. The lowest BCUT2D eigenvalue weighted by molar-refractivity contribution is -0.131. The molecule has 0 spiro atoms. The quantitative estimate of drug-likeness (QED) is 0.785. The maximum Gasteiger partial charge on any atom is 0.328 e. The first-order valence-electron chi connectivity index (χ1n) is 6.03. The van der Waals surface area contributed by atoms with Gasteiger partial charge in [0.05, 0.1) is 11.2 Å². The maximum atomic E-state index is 12.1. The van der Waals surface area contributed by atoms with Gasteiger partial charge < -0.3 is 15.1 Å². The van der Waals surface area contributed by atoms with Gasteiger partial charge in [-0.3, -0.25) is 9.78 Å². The molecule has 0 aromatic carbocycles. The molecule has 0 saturated carbocycles. The van der Waals surface area contributed by atoms with Gasteiger partial charge in [0.25, 0.3) is 5.91 Å². The second kappa shape index (κ2) is 6.29. The van der Waals surface area contributed by atoms with Gasteiger partial charge in [-0.1, -0.05) is 0 Å².